The number of hydrogen-bond donors (Lipinski definition) is 2. The van der Waals surface area contributed by atoms with Crippen LogP contribution in [0, 0.1) is 0 Å². The maximum Gasteiger partial charge on any atom is 0.338 e. The second-order valence-corrected chi connectivity index (χ2v) is 7.62. The fourth-order valence-corrected chi connectivity index (χ4v) is 4.01. The second kappa shape index (κ2) is 11.0. The Hall–Kier alpha value is -3.04. The van der Waals surface area contributed by atoms with Crippen molar-refractivity contribution >= 4 is 12.0 Å². The fraction of sp³-hybridized carbons (Fsp3) is 0.478. The van der Waals surface area contributed by atoms with E-state index in [-0.39, 0.29) is 12.6 Å². The first-order valence-corrected chi connectivity index (χ1v) is 10.8. The molecule has 1 aromatic carbocycles. The van der Waals surface area contributed by atoms with Crippen LogP contribution in [0.5, 0.6) is 11.5 Å². The number of carbonyl (C=O) groups is 2. The van der Waals surface area contributed by atoms with E-state index in [9.17, 15) is 9.59 Å². The third-order valence-electron chi connectivity index (χ3n) is 5.62. The Labute approximate surface area is 189 Å². The van der Waals surface area contributed by atoms with E-state index in [1.54, 1.807) is 33.3 Å². The van der Waals surface area contributed by atoms with E-state index in [0.717, 1.165) is 32.7 Å². The molecule has 1 aromatic rings. The number of urea groups is 1. The Morgan fingerprint density at radius 3 is 2.47 bits per heavy atom. The number of nitrogens with zero attached hydrogens (tertiary/aromatic N) is 2. The van der Waals surface area contributed by atoms with Gasteiger partial charge in [0.1, 0.15) is 0 Å². The molecule has 2 aliphatic heterocycles. The van der Waals surface area contributed by atoms with Gasteiger partial charge in [0, 0.05) is 45.0 Å². The fourth-order valence-electron chi connectivity index (χ4n) is 4.01. The van der Waals surface area contributed by atoms with Crippen molar-refractivity contribution in [1.82, 2.24) is 20.4 Å². The van der Waals surface area contributed by atoms with Gasteiger partial charge in [-0.3, -0.25) is 9.80 Å². The molecular weight excluding hydrogens is 412 g/mol. The van der Waals surface area contributed by atoms with Crippen LogP contribution in [0.4, 0.5) is 4.79 Å². The number of amides is 2. The van der Waals surface area contributed by atoms with Crippen molar-refractivity contribution in [3.63, 3.8) is 0 Å². The molecule has 2 aliphatic rings. The van der Waals surface area contributed by atoms with E-state index in [2.05, 4.69) is 27.0 Å². The van der Waals surface area contributed by atoms with Gasteiger partial charge in [0.2, 0.25) is 0 Å². The number of carbonyl (C=O) groups excluding carboxylic acids is 2. The van der Waals surface area contributed by atoms with Crippen molar-refractivity contribution in [2.24, 2.45) is 0 Å². The molecular formula is C23H32N4O5. The topological polar surface area (TPSA) is 92.4 Å². The molecule has 2 heterocycles. The lowest BCUT2D eigenvalue weighted by Crippen LogP contribution is -2.51. The standard InChI is InChI=1S/C23H32N4O5/c1-5-9-26-10-12-27(13-11-26)15-17-20(22(28)32-6-2)21(25-23(29)24-17)16-7-8-18(30-3)19(14-16)31-4/h5,7-8,14,21H,1,6,9-13,15H2,2-4H3,(H2,24,25,29). The zero-order chi connectivity index (χ0) is 23.1. The highest BCUT2D eigenvalue weighted by molar-refractivity contribution is 5.95. The van der Waals surface area contributed by atoms with Gasteiger partial charge in [0.25, 0.3) is 0 Å². The molecule has 0 aromatic heterocycles. The third-order valence-corrected chi connectivity index (χ3v) is 5.62. The van der Waals surface area contributed by atoms with Gasteiger partial charge in [0.15, 0.2) is 11.5 Å². The molecule has 9 nitrogen and oxygen atoms in total. The monoisotopic (exact) mass is 444 g/mol. The second-order valence-electron chi connectivity index (χ2n) is 7.62. The van der Waals surface area contributed by atoms with Gasteiger partial charge in [0.05, 0.1) is 32.4 Å². The first kappa shape index (κ1) is 23.6. The lowest BCUT2D eigenvalue weighted by atomic mass is 9.94. The van der Waals surface area contributed by atoms with Crippen molar-refractivity contribution in [2.45, 2.75) is 13.0 Å². The molecule has 0 aliphatic carbocycles. The van der Waals surface area contributed by atoms with Crippen LogP contribution in [0.15, 0.2) is 42.1 Å². The van der Waals surface area contributed by atoms with Crippen LogP contribution in [-0.4, -0.2) is 81.9 Å². The summed E-state index contributed by atoms with van der Waals surface area (Å²) in [5, 5.41) is 5.70. The summed E-state index contributed by atoms with van der Waals surface area (Å²) in [7, 11) is 3.10. The summed E-state index contributed by atoms with van der Waals surface area (Å²) in [6.45, 7) is 10.6. The van der Waals surface area contributed by atoms with Gasteiger partial charge < -0.3 is 24.8 Å². The molecule has 1 fully saturated rings. The average molecular weight is 445 g/mol. The number of benzene rings is 1. The van der Waals surface area contributed by atoms with E-state index in [1.807, 2.05) is 12.1 Å². The minimum atomic E-state index is -0.667. The molecule has 0 bridgehead atoms. The molecule has 174 valence electrons. The first-order chi connectivity index (χ1) is 15.5. The van der Waals surface area contributed by atoms with Crippen molar-refractivity contribution in [2.75, 3.05) is 60.1 Å². The summed E-state index contributed by atoms with van der Waals surface area (Å²) in [4.78, 5) is 30.1. The first-order valence-electron chi connectivity index (χ1n) is 10.8. The summed E-state index contributed by atoms with van der Waals surface area (Å²) in [5.41, 5.74) is 1.66. The molecule has 0 saturated carbocycles. The van der Waals surface area contributed by atoms with Crippen LogP contribution in [0.3, 0.4) is 0 Å². The number of piperazine rings is 1. The Bertz CT molecular complexity index is 877. The predicted molar refractivity (Wildman–Crippen MR) is 121 cm³/mol. The van der Waals surface area contributed by atoms with Crippen LogP contribution < -0.4 is 20.1 Å². The summed E-state index contributed by atoms with van der Waals surface area (Å²) in [5.74, 6) is 0.622. The Balaban J connectivity index is 1.93. The molecule has 1 saturated heterocycles. The molecule has 1 unspecified atom stereocenters. The van der Waals surface area contributed by atoms with Gasteiger partial charge in [-0.15, -0.1) is 6.58 Å². The SMILES string of the molecule is C=CCN1CCN(CC2=C(C(=O)OCC)C(c3ccc(OC)c(OC)c3)NC(=O)N2)CC1. The number of esters is 1. The highest BCUT2D eigenvalue weighted by atomic mass is 16.5. The van der Waals surface area contributed by atoms with Crippen LogP contribution in [-0.2, 0) is 9.53 Å². The quantitative estimate of drug-likeness (QED) is 0.442. The zero-order valence-electron chi connectivity index (χ0n) is 19.0. The number of rotatable bonds is 9. The molecule has 32 heavy (non-hydrogen) atoms. The average Bonchev–Trinajstić information content (AvgIpc) is 2.79. The molecule has 2 amide bonds. The molecule has 3 rings (SSSR count). The predicted octanol–water partition coefficient (Wildman–Crippen LogP) is 1.68. The zero-order valence-corrected chi connectivity index (χ0v) is 19.0. The summed E-state index contributed by atoms with van der Waals surface area (Å²) < 4.78 is 16.1. The van der Waals surface area contributed by atoms with E-state index < -0.39 is 12.0 Å². The Kier molecular flexibility index (Phi) is 8.13. The van der Waals surface area contributed by atoms with Crippen molar-refractivity contribution in [1.29, 1.82) is 0 Å². The van der Waals surface area contributed by atoms with E-state index in [4.69, 9.17) is 14.2 Å². The van der Waals surface area contributed by atoms with E-state index in [1.165, 1.54) is 0 Å². The largest absolute Gasteiger partial charge is 0.493 e. The number of nitrogens with one attached hydrogen (secondary N) is 2. The maximum atomic E-state index is 13.0. The van der Waals surface area contributed by atoms with Gasteiger partial charge >= 0.3 is 12.0 Å². The normalized spacial score (nSPS) is 19.7. The van der Waals surface area contributed by atoms with Crippen LogP contribution in [0.2, 0.25) is 0 Å². The van der Waals surface area contributed by atoms with Gasteiger partial charge in [-0.05, 0) is 24.6 Å². The highest BCUT2D eigenvalue weighted by Crippen LogP contribution is 2.34. The Morgan fingerprint density at radius 2 is 1.84 bits per heavy atom. The van der Waals surface area contributed by atoms with Gasteiger partial charge in [-0.1, -0.05) is 12.1 Å². The van der Waals surface area contributed by atoms with Crippen molar-refractivity contribution in [3.8, 4) is 11.5 Å². The lowest BCUT2D eigenvalue weighted by molar-refractivity contribution is -0.139. The number of hydrogen-bond acceptors (Lipinski definition) is 7. The summed E-state index contributed by atoms with van der Waals surface area (Å²) in [6, 6.07) is 4.30. The number of methoxy groups -OCH3 is 2. The Morgan fingerprint density at radius 1 is 1.16 bits per heavy atom. The highest BCUT2D eigenvalue weighted by Gasteiger charge is 2.35. The van der Waals surface area contributed by atoms with Gasteiger partial charge in [-0.25, -0.2) is 9.59 Å². The molecule has 0 spiro atoms. The van der Waals surface area contributed by atoms with Crippen LogP contribution in [0.25, 0.3) is 0 Å². The third kappa shape index (κ3) is 5.41. The summed E-state index contributed by atoms with van der Waals surface area (Å²) >= 11 is 0. The van der Waals surface area contributed by atoms with Crippen molar-refractivity contribution in [3.05, 3.63) is 47.7 Å². The molecule has 0 radical (unpaired) electrons. The maximum absolute atomic E-state index is 13.0. The smallest absolute Gasteiger partial charge is 0.338 e. The van der Waals surface area contributed by atoms with E-state index in [0.29, 0.717) is 34.9 Å². The lowest BCUT2D eigenvalue weighted by Gasteiger charge is -2.36. The minimum Gasteiger partial charge on any atom is -0.493 e. The minimum absolute atomic E-state index is 0.239. The molecule has 9 heteroatoms. The number of ether oxygens (including phenoxy) is 3. The molecule has 2 N–H and O–H groups in total. The van der Waals surface area contributed by atoms with Crippen LogP contribution >= 0.6 is 0 Å². The van der Waals surface area contributed by atoms with E-state index >= 15 is 0 Å². The molecule has 1 atom stereocenters. The van der Waals surface area contributed by atoms with Crippen molar-refractivity contribution < 1.29 is 23.8 Å². The van der Waals surface area contributed by atoms with Gasteiger partial charge in [-0.2, -0.15) is 0 Å². The summed E-state index contributed by atoms with van der Waals surface area (Å²) in [6.07, 6.45) is 1.90. The van der Waals surface area contributed by atoms with Crippen LogP contribution in [0.1, 0.15) is 18.5 Å².